The first kappa shape index (κ1) is 29.9. The summed E-state index contributed by atoms with van der Waals surface area (Å²) >= 11 is 0. The molecule has 4 rings (SSSR count). The summed E-state index contributed by atoms with van der Waals surface area (Å²) in [7, 11) is 1.53. The van der Waals surface area contributed by atoms with Gasteiger partial charge in [-0.05, 0) is 39.7 Å². The monoisotopic (exact) mass is 558 g/mol. The molecule has 1 saturated heterocycles. The molecule has 1 atom stereocenters. The number of nitrogens with zero attached hydrogens (tertiary/aromatic N) is 5. The van der Waals surface area contributed by atoms with Crippen LogP contribution in [0.1, 0.15) is 54.3 Å². The molecule has 0 aliphatic carbocycles. The van der Waals surface area contributed by atoms with Gasteiger partial charge < -0.3 is 19.9 Å². The van der Waals surface area contributed by atoms with Crippen LogP contribution in [0.5, 0.6) is 0 Å². The number of Topliss-reactive ketones (excluding diaryl/α,β-unsaturated/α-hetero) is 1. The van der Waals surface area contributed by atoms with E-state index in [-0.39, 0.29) is 47.3 Å². The van der Waals surface area contributed by atoms with Gasteiger partial charge in [-0.25, -0.2) is 9.59 Å². The molecule has 1 aliphatic heterocycles. The van der Waals surface area contributed by atoms with Gasteiger partial charge in [-0.15, -0.1) is 12.4 Å². The van der Waals surface area contributed by atoms with E-state index in [1.807, 2.05) is 24.8 Å². The van der Waals surface area contributed by atoms with Crippen molar-refractivity contribution in [2.24, 2.45) is 12.8 Å². The van der Waals surface area contributed by atoms with E-state index in [4.69, 9.17) is 15.5 Å². The van der Waals surface area contributed by atoms with Crippen LogP contribution in [-0.4, -0.2) is 56.2 Å². The molecule has 11 nitrogen and oxygen atoms in total. The lowest BCUT2D eigenvalue weighted by atomic mass is 10.0. The van der Waals surface area contributed by atoms with Crippen molar-refractivity contribution in [3.63, 3.8) is 0 Å². The number of ketones is 1. The highest BCUT2D eigenvalue weighted by Crippen LogP contribution is 2.23. The maximum atomic E-state index is 13.8. The number of ether oxygens (including phenoxy) is 1. The van der Waals surface area contributed by atoms with E-state index < -0.39 is 29.5 Å². The minimum absolute atomic E-state index is 0. The van der Waals surface area contributed by atoms with Gasteiger partial charge in [-0.1, -0.05) is 29.8 Å². The van der Waals surface area contributed by atoms with E-state index in [9.17, 15) is 19.2 Å². The number of halogens is 1. The van der Waals surface area contributed by atoms with Crippen LogP contribution in [-0.2, 0) is 24.9 Å². The largest absolute Gasteiger partial charge is 0.462 e. The van der Waals surface area contributed by atoms with Gasteiger partial charge in [0.1, 0.15) is 0 Å². The van der Waals surface area contributed by atoms with Crippen LogP contribution in [0.3, 0.4) is 0 Å². The van der Waals surface area contributed by atoms with E-state index in [2.05, 4.69) is 0 Å². The lowest BCUT2D eigenvalue weighted by Crippen LogP contribution is -2.44. The molecule has 1 fully saturated rings. The van der Waals surface area contributed by atoms with Gasteiger partial charge in [0, 0.05) is 38.3 Å². The predicted molar refractivity (Wildman–Crippen MR) is 152 cm³/mol. The highest BCUT2D eigenvalue weighted by atomic mass is 35.5. The number of hydrogen-bond donors (Lipinski definition) is 1. The minimum Gasteiger partial charge on any atom is -0.462 e. The second kappa shape index (κ2) is 12.4. The molecule has 0 amide bonds. The average Bonchev–Trinajstić information content (AvgIpc) is 3.28. The first-order chi connectivity index (χ1) is 18.1. The summed E-state index contributed by atoms with van der Waals surface area (Å²) in [6.45, 7) is 6.90. The van der Waals surface area contributed by atoms with Gasteiger partial charge in [0.15, 0.2) is 16.9 Å². The summed E-state index contributed by atoms with van der Waals surface area (Å²) < 4.78 is 9.04. The fourth-order valence-corrected chi connectivity index (χ4v) is 4.72. The van der Waals surface area contributed by atoms with Gasteiger partial charge in [0.25, 0.3) is 5.56 Å². The van der Waals surface area contributed by atoms with Crippen LogP contribution in [0.2, 0.25) is 0 Å². The number of hydrogen-bond acceptors (Lipinski definition) is 8. The Balaban J connectivity index is 0.00000420. The molecule has 0 spiro atoms. The quantitative estimate of drug-likeness (QED) is 0.253. The zero-order valence-corrected chi connectivity index (χ0v) is 23.5. The van der Waals surface area contributed by atoms with Gasteiger partial charge in [-0.2, -0.15) is 4.98 Å². The maximum absolute atomic E-state index is 13.8. The summed E-state index contributed by atoms with van der Waals surface area (Å²) in [6, 6.07) is 6.19. The second-order valence-corrected chi connectivity index (χ2v) is 9.75. The Morgan fingerprint density at radius 2 is 1.85 bits per heavy atom. The average molecular weight is 559 g/mol. The molecule has 2 N–H and O–H groups in total. The number of allylic oxidation sites excluding steroid dienone is 2. The van der Waals surface area contributed by atoms with E-state index in [1.54, 1.807) is 23.6 Å². The van der Waals surface area contributed by atoms with Gasteiger partial charge in [0.2, 0.25) is 5.95 Å². The van der Waals surface area contributed by atoms with Crippen molar-refractivity contribution in [1.82, 2.24) is 18.7 Å². The van der Waals surface area contributed by atoms with E-state index >= 15 is 0 Å². The zero-order valence-electron chi connectivity index (χ0n) is 22.7. The molecule has 0 bridgehead atoms. The lowest BCUT2D eigenvalue weighted by molar-refractivity contribution is 0.0523. The molecule has 0 saturated carbocycles. The number of carbonyl (C=O) groups is 2. The Morgan fingerprint density at radius 1 is 1.15 bits per heavy atom. The first-order valence-electron chi connectivity index (χ1n) is 12.8. The summed E-state index contributed by atoms with van der Waals surface area (Å²) in [5, 5.41) is 0. The minimum atomic E-state index is -0.668. The molecule has 1 unspecified atom stereocenters. The Kier molecular flexibility index (Phi) is 9.52. The molecule has 1 aliphatic rings. The molecule has 1 aromatic carbocycles. The van der Waals surface area contributed by atoms with Gasteiger partial charge in [-0.3, -0.25) is 18.7 Å². The topological polar surface area (TPSA) is 134 Å². The fourth-order valence-electron chi connectivity index (χ4n) is 4.72. The molecule has 0 radical (unpaired) electrons. The normalized spacial score (nSPS) is 15.1. The summed E-state index contributed by atoms with van der Waals surface area (Å²) in [4.78, 5) is 59.6. The molecule has 3 aromatic rings. The second-order valence-electron chi connectivity index (χ2n) is 9.75. The van der Waals surface area contributed by atoms with Gasteiger partial charge in [0.05, 0.1) is 18.7 Å². The third-order valence-corrected chi connectivity index (χ3v) is 6.66. The summed E-state index contributed by atoms with van der Waals surface area (Å²) in [6.07, 6.45) is 3.78. The Morgan fingerprint density at radius 3 is 2.49 bits per heavy atom. The zero-order chi connectivity index (χ0) is 27.6. The van der Waals surface area contributed by atoms with Crippen molar-refractivity contribution >= 4 is 41.3 Å². The molecular formula is C27H35ClN6O5. The van der Waals surface area contributed by atoms with Crippen molar-refractivity contribution in [3.8, 4) is 0 Å². The molecule has 12 heteroatoms. The van der Waals surface area contributed by atoms with Crippen molar-refractivity contribution < 1.29 is 14.3 Å². The number of piperidine rings is 1. The van der Waals surface area contributed by atoms with Crippen LogP contribution < -0.4 is 21.9 Å². The summed E-state index contributed by atoms with van der Waals surface area (Å²) in [5.74, 6) is -0.627. The predicted octanol–water partition coefficient (Wildman–Crippen LogP) is 2.27. The van der Waals surface area contributed by atoms with Gasteiger partial charge >= 0.3 is 11.7 Å². The third kappa shape index (κ3) is 5.99. The maximum Gasteiger partial charge on any atom is 0.338 e. The van der Waals surface area contributed by atoms with Crippen molar-refractivity contribution in [1.29, 1.82) is 0 Å². The smallest absolute Gasteiger partial charge is 0.338 e. The highest BCUT2D eigenvalue weighted by Gasteiger charge is 2.27. The van der Waals surface area contributed by atoms with Crippen LogP contribution in [0, 0.1) is 0 Å². The van der Waals surface area contributed by atoms with Crippen LogP contribution in [0.4, 0.5) is 5.95 Å². The molecule has 39 heavy (non-hydrogen) atoms. The number of anilines is 1. The standard InChI is InChI=1S/C27H34N6O5.ClH/c1-5-38-25(36)20-11-7-6-10-19(20)21(34)16-33-24(35)22-23(30(4)27(33)37)29-26(32(22)14-12-17(2)3)31-13-8-9-18(28)15-31;/h6-7,10-12,18H,5,8-9,13-16,28H2,1-4H3;1H. The molecule has 210 valence electrons. The Hall–Kier alpha value is -3.70. The number of imidazole rings is 1. The van der Waals surface area contributed by atoms with Crippen LogP contribution >= 0.6 is 12.4 Å². The number of fused-ring (bicyclic) bond motifs is 1. The first-order valence-corrected chi connectivity index (χ1v) is 12.8. The number of rotatable bonds is 8. The highest BCUT2D eigenvalue weighted by molar-refractivity contribution is 6.06. The summed E-state index contributed by atoms with van der Waals surface area (Å²) in [5.41, 5.74) is 6.63. The van der Waals surface area contributed by atoms with Crippen molar-refractivity contribution in [2.75, 3.05) is 24.6 Å². The molecule has 2 aromatic heterocycles. The van der Waals surface area contributed by atoms with Crippen molar-refractivity contribution in [2.45, 2.75) is 52.7 Å². The number of aromatic nitrogens is 4. The number of aryl methyl sites for hydroxylation is 1. The number of benzene rings is 1. The molecular weight excluding hydrogens is 524 g/mol. The lowest BCUT2D eigenvalue weighted by Gasteiger charge is -2.31. The van der Waals surface area contributed by atoms with Crippen LogP contribution in [0.15, 0.2) is 45.5 Å². The van der Waals surface area contributed by atoms with E-state index in [1.165, 1.54) is 23.7 Å². The number of nitrogens with two attached hydrogens (primary N) is 1. The SMILES string of the molecule is CCOC(=O)c1ccccc1C(=O)Cn1c(=O)c2c(nc(N3CCCC(N)C3)n2CC=C(C)C)n(C)c1=O.Cl. The van der Waals surface area contributed by atoms with Crippen LogP contribution in [0.25, 0.3) is 11.2 Å². The Bertz CT molecular complexity index is 1530. The number of esters is 1. The van der Waals surface area contributed by atoms with Crippen molar-refractivity contribution in [3.05, 3.63) is 67.9 Å². The molecule has 3 heterocycles. The number of carbonyl (C=O) groups excluding carboxylic acids is 2. The van der Waals surface area contributed by atoms with E-state index in [0.717, 1.165) is 29.5 Å². The third-order valence-electron chi connectivity index (χ3n) is 6.66. The van der Waals surface area contributed by atoms with E-state index in [0.29, 0.717) is 19.0 Å². The Labute approximate surface area is 232 Å². The fraction of sp³-hybridized carbons (Fsp3) is 0.444.